The van der Waals surface area contributed by atoms with E-state index in [-0.39, 0.29) is 11.7 Å². The van der Waals surface area contributed by atoms with E-state index >= 15 is 0 Å². The third-order valence-corrected chi connectivity index (χ3v) is 4.20. The maximum absolute atomic E-state index is 12.3. The Morgan fingerprint density at radius 1 is 0.964 bits per heavy atom. The van der Waals surface area contributed by atoms with Gasteiger partial charge in [-0.15, -0.1) is 0 Å². The number of nitrogens with zero attached hydrogens (tertiary/aromatic N) is 2. The number of hydrogen-bond acceptors (Lipinski definition) is 3. The van der Waals surface area contributed by atoms with Crippen molar-refractivity contribution in [3.05, 3.63) is 84.7 Å². The van der Waals surface area contributed by atoms with Gasteiger partial charge < -0.3 is 10.1 Å². The quantitative estimate of drug-likeness (QED) is 0.538. The van der Waals surface area contributed by atoms with Gasteiger partial charge in [0.1, 0.15) is 12.1 Å². The molecule has 0 fully saturated rings. The number of carbonyl (C=O) groups excluding carboxylic acids is 1. The molecule has 1 aromatic heterocycles. The predicted molar refractivity (Wildman–Crippen MR) is 102 cm³/mol. The summed E-state index contributed by atoms with van der Waals surface area (Å²) in [7, 11) is 0. The molecule has 0 aliphatic rings. The van der Waals surface area contributed by atoms with Crippen molar-refractivity contribution in [2.45, 2.75) is 6.61 Å². The summed E-state index contributed by atoms with van der Waals surface area (Å²) in [5.41, 5.74) is 3.77. The zero-order valence-corrected chi connectivity index (χ0v) is 14.5. The summed E-state index contributed by atoms with van der Waals surface area (Å²) in [6.07, 6.45) is 1.75. The molecule has 4 rings (SSSR count). The molecule has 0 spiro atoms. The molecule has 3 aromatic carbocycles. The molecular weight excluding hydrogens is 364 g/mol. The number of carbonyl (C=O) groups is 1. The summed E-state index contributed by atoms with van der Waals surface area (Å²) in [5.74, 6) is -0.340. The predicted octanol–water partition coefficient (Wildman–Crippen LogP) is 4.88. The van der Waals surface area contributed by atoms with Gasteiger partial charge in [0.05, 0.1) is 11.0 Å². The Morgan fingerprint density at radius 2 is 1.68 bits per heavy atom. The third-order valence-electron chi connectivity index (χ3n) is 4.20. The standard InChI is InChI=1S/C21H15F2N3O2/c22-21(23)28-17-11-5-14(6-12-17)20(27)25-15-7-9-16(10-8-15)26-13-24-18-3-1-2-4-19(18)26/h1-13,21H,(H,25,27). The Balaban J connectivity index is 1.48. The fourth-order valence-electron chi connectivity index (χ4n) is 2.86. The number of benzene rings is 3. The van der Waals surface area contributed by atoms with E-state index in [4.69, 9.17) is 0 Å². The minimum Gasteiger partial charge on any atom is -0.435 e. The molecule has 0 unspecified atom stereocenters. The summed E-state index contributed by atoms with van der Waals surface area (Å²) in [6, 6.07) is 20.7. The molecule has 140 valence electrons. The number of imidazole rings is 1. The Morgan fingerprint density at radius 3 is 2.39 bits per heavy atom. The molecule has 1 amide bonds. The van der Waals surface area contributed by atoms with Crippen LogP contribution in [-0.2, 0) is 0 Å². The Kier molecular flexibility index (Phi) is 4.72. The van der Waals surface area contributed by atoms with Crippen LogP contribution >= 0.6 is 0 Å². The number of rotatable bonds is 5. The van der Waals surface area contributed by atoms with Gasteiger partial charge in [0, 0.05) is 16.9 Å². The van der Waals surface area contributed by atoms with Crippen LogP contribution < -0.4 is 10.1 Å². The number of fused-ring (bicyclic) bond motifs is 1. The molecule has 0 aliphatic carbocycles. The van der Waals surface area contributed by atoms with Crippen LogP contribution in [0, 0.1) is 0 Å². The van der Waals surface area contributed by atoms with Gasteiger partial charge in [-0.25, -0.2) is 4.98 Å². The highest BCUT2D eigenvalue weighted by Crippen LogP contribution is 2.20. The first-order chi connectivity index (χ1) is 13.6. The summed E-state index contributed by atoms with van der Waals surface area (Å²) >= 11 is 0. The number of hydrogen-bond donors (Lipinski definition) is 1. The van der Waals surface area contributed by atoms with E-state index in [1.54, 1.807) is 18.5 Å². The van der Waals surface area contributed by atoms with Crippen molar-refractivity contribution >= 4 is 22.6 Å². The van der Waals surface area contributed by atoms with E-state index in [1.807, 2.05) is 41.0 Å². The van der Waals surface area contributed by atoms with Gasteiger partial charge in [0.25, 0.3) is 5.91 Å². The van der Waals surface area contributed by atoms with Crippen LogP contribution in [0.15, 0.2) is 79.1 Å². The lowest BCUT2D eigenvalue weighted by Gasteiger charge is -2.09. The highest BCUT2D eigenvalue weighted by atomic mass is 19.3. The molecule has 7 heteroatoms. The Labute approximate surface area is 159 Å². The number of anilines is 1. The molecule has 0 aliphatic heterocycles. The summed E-state index contributed by atoms with van der Waals surface area (Å²) in [4.78, 5) is 16.7. The van der Waals surface area contributed by atoms with Crippen LogP contribution in [0.2, 0.25) is 0 Å². The number of amides is 1. The van der Waals surface area contributed by atoms with E-state index in [2.05, 4.69) is 15.0 Å². The van der Waals surface area contributed by atoms with Crippen molar-refractivity contribution in [1.82, 2.24) is 9.55 Å². The van der Waals surface area contributed by atoms with Crippen LogP contribution in [0.4, 0.5) is 14.5 Å². The molecule has 0 saturated carbocycles. The maximum atomic E-state index is 12.3. The van der Waals surface area contributed by atoms with Gasteiger partial charge in [-0.2, -0.15) is 8.78 Å². The van der Waals surface area contributed by atoms with E-state index in [1.165, 1.54) is 24.3 Å². The van der Waals surface area contributed by atoms with Crippen molar-refractivity contribution in [3.8, 4) is 11.4 Å². The highest BCUT2D eigenvalue weighted by Gasteiger charge is 2.09. The third kappa shape index (κ3) is 3.68. The highest BCUT2D eigenvalue weighted by molar-refractivity contribution is 6.04. The monoisotopic (exact) mass is 379 g/mol. The second kappa shape index (κ2) is 7.48. The zero-order valence-electron chi connectivity index (χ0n) is 14.5. The van der Waals surface area contributed by atoms with E-state index in [9.17, 15) is 13.6 Å². The van der Waals surface area contributed by atoms with Crippen LogP contribution in [0.1, 0.15) is 10.4 Å². The molecule has 0 radical (unpaired) electrons. The Hall–Kier alpha value is -3.74. The SMILES string of the molecule is O=C(Nc1ccc(-n2cnc3ccccc32)cc1)c1ccc(OC(F)F)cc1. The van der Waals surface area contributed by atoms with Crippen LogP contribution in [0.5, 0.6) is 5.75 Å². The average Bonchev–Trinajstić information content (AvgIpc) is 3.13. The number of alkyl halides is 2. The normalized spacial score (nSPS) is 11.0. The first kappa shape index (κ1) is 17.7. The molecular formula is C21H15F2N3O2. The largest absolute Gasteiger partial charge is 0.435 e. The van der Waals surface area contributed by atoms with E-state index in [0.29, 0.717) is 11.3 Å². The van der Waals surface area contributed by atoms with Crippen LogP contribution in [0.25, 0.3) is 16.7 Å². The average molecular weight is 379 g/mol. The first-order valence-electron chi connectivity index (χ1n) is 8.49. The fraction of sp³-hybridized carbons (Fsp3) is 0.0476. The van der Waals surface area contributed by atoms with Crippen molar-refractivity contribution in [2.24, 2.45) is 0 Å². The maximum Gasteiger partial charge on any atom is 0.387 e. The molecule has 28 heavy (non-hydrogen) atoms. The molecule has 1 heterocycles. The van der Waals surface area contributed by atoms with Crippen molar-refractivity contribution in [1.29, 1.82) is 0 Å². The van der Waals surface area contributed by atoms with Crippen molar-refractivity contribution in [2.75, 3.05) is 5.32 Å². The molecule has 5 nitrogen and oxygen atoms in total. The summed E-state index contributed by atoms with van der Waals surface area (Å²) in [5, 5.41) is 2.78. The van der Waals surface area contributed by atoms with Crippen LogP contribution in [0.3, 0.4) is 0 Å². The van der Waals surface area contributed by atoms with Gasteiger partial charge in [0.15, 0.2) is 0 Å². The van der Waals surface area contributed by atoms with Gasteiger partial charge in [-0.1, -0.05) is 12.1 Å². The molecule has 0 atom stereocenters. The smallest absolute Gasteiger partial charge is 0.387 e. The van der Waals surface area contributed by atoms with Gasteiger partial charge in [0.2, 0.25) is 0 Å². The lowest BCUT2D eigenvalue weighted by molar-refractivity contribution is -0.0498. The summed E-state index contributed by atoms with van der Waals surface area (Å²) < 4.78 is 30.6. The second-order valence-corrected chi connectivity index (χ2v) is 6.01. The summed E-state index contributed by atoms with van der Waals surface area (Å²) in [6.45, 7) is -2.90. The fourth-order valence-corrected chi connectivity index (χ4v) is 2.86. The minimum absolute atomic E-state index is 0.00321. The van der Waals surface area contributed by atoms with Gasteiger partial charge >= 0.3 is 6.61 Å². The number of nitrogens with one attached hydrogen (secondary N) is 1. The van der Waals surface area contributed by atoms with Crippen LogP contribution in [-0.4, -0.2) is 22.1 Å². The lowest BCUT2D eigenvalue weighted by Crippen LogP contribution is -2.12. The molecule has 0 bridgehead atoms. The number of ether oxygens (including phenoxy) is 1. The van der Waals surface area contributed by atoms with E-state index in [0.717, 1.165) is 16.7 Å². The number of aromatic nitrogens is 2. The molecule has 4 aromatic rings. The second-order valence-electron chi connectivity index (χ2n) is 6.01. The number of para-hydroxylation sites is 2. The van der Waals surface area contributed by atoms with Gasteiger partial charge in [-0.05, 0) is 60.7 Å². The molecule has 0 saturated heterocycles. The first-order valence-corrected chi connectivity index (χ1v) is 8.49. The van der Waals surface area contributed by atoms with Crippen molar-refractivity contribution < 1.29 is 18.3 Å². The van der Waals surface area contributed by atoms with E-state index < -0.39 is 6.61 Å². The Bertz CT molecular complexity index is 1110. The number of halogens is 2. The molecule has 1 N–H and O–H groups in total. The van der Waals surface area contributed by atoms with Crippen molar-refractivity contribution in [3.63, 3.8) is 0 Å². The topological polar surface area (TPSA) is 56.2 Å². The van der Waals surface area contributed by atoms with Gasteiger partial charge in [-0.3, -0.25) is 9.36 Å². The minimum atomic E-state index is -2.90. The lowest BCUT2D eigenvalue weighted by atomic mass is 10.2. The zero-order chi connectivity index (χ0) is 19.5.